The van der Waals surface area contributed by atoms with Gasteiger partial charge in [0.2, 0.25) is 0 Å². The molecule has 2 fully saturated rings. The fraction of sp³-hybridized carbons (Fsp3) is 0.667. The minimum absolute atomic E-state index is 0.185. The van der Waals surface area contributed by atoms with Gasteiger partial charge in [-0.2, -0.15) is 18.3 Å². The zero-order chi connectivity index (χ0) is 21.5. The first-order chi connectivity index (χ1) is 14.9. The Morgan fingerprint density at radius 1 is 1.16 bits per heavy atom. The summed E-state index contributed by atoms with van der Waals surface area (Å²) in [5, 5.41) is 12.7. The standard InChI is InChI=1S/C21H26F3N5O2/c22-21(23,24)13-29-19-17(15(4-9-25-19)26-14-5-10-30-11-6-14)18(27-29)16-12-20(31-28-16)7-2-1-3-8-20/h4,9,14H,1-3,5-8,10-13H2,(H,25,26). The Kier molecular flexibility index (Phi) is 5.27. The molecule has 2 aromatic rings. The van der Waals surface area contributed by atoms with Gasteiger partial charge < -0.3 is 14.9 Å². The van der Waals surface area contributed by atoms with Crippen molar-refractivity contribution in [1.82, 2.24) is 14.8 Å². The molecule has 2 aliphatic heterocycles. The monoisotopic (exact) mass is 437 g/mol. The molecule has 5 rings (SSSR count). The molecule has 3 aliphatic rings. The summed E-state index contributed by atoms with van der Waals surface area (Å²) in [5.74, 6) is 0. The summed E-state index contributed by atoms with van der Waals surface area (Å²) in [4.78, 5) is 10.1. The number of hydrogen-bond donors (Lipinski definition) is 1. The summed E-state index contributed by atoms with van der Waals surface area (Å²) in [6.07, 6.45) is 4.50. The number of fused-ring (bicyclic) bond motifs is 1. The number of oxime groups is 1. The van der Waals surface area contributed by atoms with E-state index in [2.05, 4.69) is 20.6 Å². The van der Waals surface area contributed by atoms with Crippen LogP contribution in [0.5, 0.6) is 0 Å². The average Bonchev–Trinajstić information content (AvgIpc) is 3.31. The number of halogens is 3. The van der Waals surface area contributed by atoms with Crippen molar-refractivity contribution >= 4 is 22.4 Å². The minimum Gasteiger partial charge on any atom is -0.389 e. The van der Waals surface area contributed by atoms with Gasteiger partial charge >= 0.3 is 6.18 Å². The first-order valence-electron chi connectivity index (χ1n) is 10.9. The van der Waals surface area contributed by atoms with Crippen molar-refractivity contribution < 1.29 is 22.7 Å². The topological polar surface area (TPSA) is 73.6 Å². The molecule has 1 aliphatic carbocycles. The van der Waals surface area contributed by atoms with Crippen LogP contribution in [0.25, 0.3) is 11.0 Å². The van der Waals surface area contributed by atoms with E-state index in [1.807, 2.05) is 0 Å². The second-order valence-electron chi connectivity index (χ2n) is 8.76. The molecule has 0 atom stereocenters. The van der Waals surface area contributed by atoms with Crippen molar-refractivity contribution in [2.24, 2.45) is 5.16 Å². The van der Waals surface area contributed by atoms with Gasteiger partial charge in [-0.15, -0.1) is 0 Å². The van der Waals surface area contributed by atoms with Gasteiger partial charge in [0, 0.05) is 37.6 Å². The maximum atomic E-state index is 13.2. The number of ether oxygens (including phenoxy) is 1. The van der Waals surface area contributed by atoms with Crippen LogP contribution < -0.4 is 5.32 Å². The smallest absolute Gasteiger partial charge is 0.389 e. The van der Waals surface area contributed by atoms with Gasteiger partial charge in [-0.3, -0.25) is 0 Å². The lowest BCUT2D eigenvalue weighted by atomic mass is 9.81. The third-order valence-corrected chi connectivity index (χ3v) is 6.42. The third-order valence-electron chi connectivity index (χ3n) is 6.42. The SMILES string of the molecule is FC(F)(F)Cn1nc(C2=NOC3(CCCCC3)C2)c2c(NC3CCOCC3)ccnc21. The quantitative estimate of drug-likeness (QED) is 0.767. The molecule has 0 amide bonds. The highest BCUT2D eigenvalue weighted by atomic mass is 19.4. The Morgan fingerprint density at radius 3 is 2.68 bits per heavy atom. The molecule has 0 bridgehead atoms. The predicted octanol–water partition coefficient (Wildman–Crippen LogP) is 4.41. The van der Waals surface area contributed by atoms with E-state index < -0.39 is 12.7 Å². The predicted molar refractivity (Wildman–Crippen MR) is 109 cm³/mol. The van der Waals surface area contributed by atoms with Crippen molar-refractivity contribution in [3.05, 3.63) is 18.0 Å². The first-order valence-corrected chi connectivity index (χ1v) is 10.9. The molecule has 1 saturated heterocycles. The van der Waals surface area contributed by atoms with Crippen molar-refractivity contribution in [2.45, 2.75) is 75.7 Å². The summed E-state index contributed by atoms with van der Waals surface area (Å²) in [5.41, 5.74) is 1.63. The molecule has 7 nitrogen and oxygen atoms in total. The van der Waals surface area contributed by atoms with E-state index in [4.69, 9.17) is 9.57 Å². The van der Waals surface area contributed by atoms with E-state index in [9.17, 15) is 13.2 Å². The molecule has 1 saturated carbocycles. The van der Waals surface area contributed by atoms with Crippen molar-refractivity contribution in [3.63, 3.8) is 0 Å². The lowest BCUT2D eigenvalue weighted by Crippen LogP contribution is -2.31. The van der Waals surface area contributed by atoms with Crippen LogP contribution in [0.4, 0.5) is 18.9 Å². The van der Waals surface area contributed by atoms with Crippen molar-refractivity contribution in [1.29, 1.82) is 0 Å². The molecule has 0 radical (unpaired) electrons. The molecule has 2 aromatic heterocycles. The highest BCUT2D eigenvalue weighted by molar-refractivity contribution is 6.12. The Hall–Kier alpha value is -2.36. The maximum absolute atomic E-state index is 13.2. The Balaban J connectivity index is 1.54. The van der Waals surface area contributed by atoms with Crippen LogP contribution in [0.2, 0.25) is 0 Å². The van der Waals surface area contributed by atoms with Crippen LogP contribution in [0.3, 0.4) is 0 Å². The lowest BCUT2D eigenvalue weighted by molar-refractivity contribution is -0.141. The van der Waals surface area contributed by atoms with Gasteiger partial charge in [0.05, 0.1) is 5.39 Å². The van der Waals surface area contributed by atoms with Gasteiger partial charge in [0.25, 0.3) is 0 Å². The second-order valence-corrected chi connectivity index (χ2v) is 8.76. The molecule has 10 heteroatoms. The van der Waals surface area contributed by atoms with Gasteiger partial charge in [-0.25, -0.2) is 9.67 Å². The molecule has 168 valence electrons. The largest absolute Gasteiger partial charge is 0.408 e. The normalized spacial score (nSPS) is 22.0. The molecular formula is C21H26F3N5O2. The van der Waals surface area contributed by atoms with Crippen molar-refractivity contribution in [3.8, 4) is 0 Å². The molecule has 1 spiro atoms. The highest BCUT2D eigenvalue weighted by Crippen LogP contribution is 2.41. The molecule has 4 heterocycles. The summed E-state index contributed by atoms with van der Waals surface area (Å²) in [7, 11) is 0. The number of nitrogens with one attached hydrogen (secondary N) is 1. The van der Waals surface area contributed by atoms with E-state index in [0.29, 0.717) is 36.4 Å². The van der Waals surface area contributed by atoms with E-state index in [1.54, 1.807) is 6.07 Å². The number of hydrogen-bond acceptors (Lipinski definition) is 6. The molecule has 1 N–H and O–H groups in total. The van der Waals surface area contributed by atoms with Gasteiger partial charge in [-0.05, 0) is 44.6 Å². The fourth-order valence-electron chi connectivity index (χ4n) is 4.87. The first kappa shape index (κ1) is 20.5. The minimum atomic E-state index is -4.40. The summed E-state index contributed by atoms with van der Waals surface area (Å²) < 4.78 is 46.1. The van der Waals surface area contributed by atoms with Gasteiger partial charge in [-0.1, -0.05) is 11.6 Å². The number of anilines is 1. The van der Waals surface area contributed by atoms with E-state index >= 15 is 0 Å². The fourth-order valence-corrected chi connectivity index (χ4v) is 4.87. The number of nitrogens with zero attached hydrogens (tertiary/aromatic N) is 4. The maximum Gasteiger partial charge on any atom is 0.408 e. The highest BCUT2D eigenvalue weighted by Gasteiger charge is 2.42. The zero-order valence-corrected chi connectivity index (χ0v) is 17.2. The average molecular weight is 437 g/mol. The van der Waals surface area contributed by atoms with Crippen LogP contribution in [0.15, 0.2) is 17.4 Å². The second kappa shape index (κ2) is 7.96. The third kappa shape index (κ3) is 4.22. The Morgan fingerprint density at radius 2 is 1.94 bits per heavy atom. The number of aromatic nitrogens is 3. The Bertz CT molecular complexity index is 975. The van der Waals surface area contributed by atoms with Crippen LogP contribution in [0, 0.1) is 0 Å². The van der Waals surface area contributed by atoms with Crippen LogP contribution in [-0.4, -0.2) is 51.5 Å². The molecule has 0 aromatic carbocycles. The summed E-state index contributed by atoms with van der Waals surface area (Å²) >= 11 is 0. The van der Waals surface area contributed by atoms with Crippen molar-refractivity contribution in [2.75, 3.05) is 18.5 Å². The number of alkyl halides is 3. The Labute approximate surface area is 178 Å². The molecular weight excluding hydrogens is 411 g/mol. The zero-order valence-electron chi connectivity index (χ0n) is 17.2. The lowest BCUT2D eigenvalue weighted by Gasteiger charge is -2.30. The molecule has 0 unspecified atom stereocenters. The van der Waals surface area contributed by atoms with Crippen LogP contribution in [-0.2, 0) is 16.1 Å². The van der Waals surface area contributed by atoms with Crippen LogP contribution in [0.1, 0.15) is 57.1 Å². The van der Waals surface area contributed by atoms with Crippen LogP contribution >= 0.6 is 0 Å². The van der Waals surface area contributed by atoms with Gasteiger partial charge in [0.1, 0.15) is 23.6 Å². The number of pyridine rings is 1. The van der Waals surface area contributed by atoms with E-state index in [-0.39, 0.29) is 17.3 Å². The molecule has 31 heavy (non-hydrogen) atoms. The van der Waals surface area contributed by atoms with E-state index in [0.717, 1.165) is 48.9 Å². The summed E-state index contributed by atoms with van der Waals surface area (Å²) in [6, 6.07) is 1.98. The number of rotatable bonds is 4. The summed E-state index contributed by atoms with van der Waals surface area (Å²) in [6.45, 7) is 0.126. The van der Waals surface area contributed by atoms with Gasteiger partial charge in [0.15, 0.2) is 5.65 Å². The van der Waals surface area contributed by atoms with E-state index in [1.165, 1.54) is 12.6 Å².